The average molecular weight is 413 g/mol. The predicted molar refractivity (Wildman–Crippen MR) is 120 cm³/mol. The van der Waals surface area contributed by atoms with Crippen LogP contribution in [0.15, 0.2) is 48.6 Å². The SMILES string of the molecule is C[C@]1(CCCCCCCC/C=C/C=C/c2ccccc2)C[C@]2(C)OC(=O)C[C@@H]2OO1. The van der Waals surface area contributed by atoms with Crippen LogP contribution in [0.5, 0.6) is 0 Å². The molecule has 2 aliphatic heterocycles. The first-order valence-electron chi connectivity index (χ1n) is 11.4. The predicted octanol–water partition coefficient (Wildman–Crippen LogP) is 6.56. The van der Waals surface area contributed by atoms with Crippen molar-refractivity contribution < 1.29 is 19.3 Å². The third kappa shape index (κ3) is 6.82. The number of allylic oxidation sites excluding steroid dienone is 3. The molecule has 2 aliphatic rings. The number of carbonyl (C=O) groups excluding carboxylic acids is 1. The van der Waals surface area contributed by atoms with Crippen LogP contribution in [0.1, 0.15) is 83.6 Å². The Morgan fingerprint density at radius 2 is 1.73 bits per heavy atom. The van der Waals surface area contributed by atoms with Gasteiger partial charge in [-0.15, -0.1) is 0 Å². The van der Waals surface area contributed by atoms with Crippen molar-refractivity contribution in [3.05, 3.63) is 54.1 Å². The van der Waals surface area contributed by atoms with Gasteiger partial charge < -0.3 is 4.74 Å². The quantitative estimate of drug-likeness (QED) is 0.179. The molecule has 0 unspecified atom stereocenters. The Labute approximate surface area is 181 Å². The van der Waals surface area contributed by atoms with Crippen molar-refractivity contribution in [2.24, 2.45) is 0 Å². The third-order valence-corrected chi connectivity index (χ3v) is 6.13. The maximum absolute atomic E-state index is 11.6. The summed E-state index contributed by atoms with van der Waals surface area (Å²) in [6.45, 7) is 4.04. The van der Waals surface area contributed by atoms with E-state index in [4.69, 9.17) is 14.5 Å². The second-order valence-electron chi connectivity index (χ2n) is 9.14. The summed E-state index contributed by atoms with van der Waals surface area (Å²) >= 11 is 0. The minimum atomic E-state index is -0.534. The highest BCUT2D eigenvalue weighted by Crippen LogP contribution is 2.44. The van der Waals surface area contributed by atoms with Gasteiger partial charge in [0.1, 0.15) is 17.3 Å². The van der Waals surface area contributed by atoms with Crippen molar-refractivity contribution in [1.29, 1.82) is 0 Å². The van der Waals surface area contributed by atoms with Crippen LogP contribution in [-0.2, 0) is 19.3 Å². The monoisotopic (exact) mass is 412 g/mol. The topological polar surface area (TPSA) is 44.8 Å². The van der Waals surface area contributed by atoms with Crippen molar-refractivity contribution in [2.75, 3.05) is 0 Å². The van der Waals surface area contributed by atoms with Gasteiger partial charge in [-0.05, 0) is 38.7 Å². The minimum Gasteiger partial charge on any atom is -0.456 e. The molecule has 0 bridgehead atoms. The molecule has 0 saturated carbocycles. The fourth-order valence-corrected chi connectivity index (χ4v) is 4.47. The van der Waals surface area contributed by atoms with Crippen LogP contribution in [0.2, 0.25) is 0 Å². The highest BCUT2D eigenvalue weighted by atomic mass is 17.2. The van der Waals surface area contributed by atoms with E-state index in [9.17, 15) is 4.79 Å². The lowest BCUT2D eigenvalue weighted by Gasteiger charge is -2.43. The Balaban J connectivity index is 1.20. The lowest BCUT2D eigenvalue weighted by Crippen LogP contribution is -2.51. The Morgan fingerprint density at radius 3 is 2.53 bits per heavy atom. The summed E-state index contributed by atoms with van der Waals surface area (Å²) in [5, 5.41) is 0. The molecule has 0 N–H and O–H groups in total. The lowest BCUT2D eigenvalue weighted by atomic mass is 9.82. The second kappa shape index (κ2) is 10.9. The van der Waals surface area contributed by atoms with E-state index in [-0.39, 0.29) is 17.7 Å². The number of fused-ring (bicyclic) bond motifs is 1. The Bertz CT molecular complexity index is 726. The molecule has 1 aromatic carbocycles. The van der Waals surface area contributed by atoms with Crippen molar-refractivity contribution >= 4 is 12.0 Å². The number of ether oxygens (including phenoxy) is 1. The van der Waals surface area contributed by atoms with Gasteiger partial charge in [0.05, 0.1) is 6.42 Å². The van der Waals surface area contributed by atoms with E-state index in [0.29, 0.717) is 12.8 Å². The van der Waals surface area contributed by atoms with E-state index in [1.807, 2.05) is 13.0 Å². The smallest absolute Gasteiger partial charge is 0.309 e. The van der Waals surface area contributed by atoms with Gasteiger partial charge in [-0.25, -0.2) is 9.78 Å². The Hall–Kier alpha value is -1.91. The molecule has 1 aromatic rings. The number of carbonyl (C=O) groups is 1. The molecule has 0 amide bonds. The summed E-state index contributed by atoms with van der Waals surface area (Å²) in [6, 6.07) is 10.4. The Morgan fingerprint density at radius 1 is 1.00 bits per heavy atom. The minimum absolute atomic E-state index is 0.183. The van der Waals surface area contributed by atoms with Gasteiger partial charge in [-0.2, -0.15) is 0 Å². The van der Waals surface area contributed by atoms with Crippen LogP contribution in [0, 0.1) is 0 Å². The first-order chi connectivity index (χ1) is 14.5. The molecule has 30 heavy (non-hydrogen) atoms. The van der Waals surface area contributed by atoms with Crippen molar-refractivity contribution in [3.63, 3.8) is 0 Å². The van der Waals surface area contributed by atoms with Crippen molar-refractivity contribution in [1.82, 2.24) is 0 Å². The average Bonchev–Trinajstić information content (AvgIpc) is 3.02. The van der Waals surface area contributed by atoms with Crippen molar-refractivity contribution in [3.8, 4) is 0 Å². The van der Waals surface area contributed by atoms with E-state index in [1.165, 1.54) is 37.7 Å². The molecule has 3 rings (SSSR count). The van der Waals surface area contributed by atoms with Crippen LogP contribution in [0.4, 0.5) is 0 Å². The summed E-state index contributed by atoms with van der Waals surface area (Å²) in [5.74, 6) is -0.183. The third-order valence-electron chi connectivity index (χ3n) is 6.13. The van der Waals surface area contributed by atoms with Gasteiger partial charge in [0.15, 0.2) is 0 Å². The maximum Gasteiger partial charge on any atom is 0.309 e. The fourth-order valence-electron chi connectivity index (χ4n) is 4.47. The molecule has 164 valence electrons. The number of hydrogen-bond donors (Lipinski definition) is 0. The van der Waals surface area contributed by atoms with Crippen molar-refractivity contribution in [2.45, 2.75) is 95.4 Å². The molecule has 2 heterocycles. The number of esters is 1. The molecular formula is C26H36O4. The Kier molecular flexibility index (Phi) is 8.29. The first-order valence-corrected chi connectivity index (χ1v) is 11.4. The summed E-state index contributed by atoms with van der Waals surface area (Å²) in [5.41, 5.74) is 0.335. The second-order valence-corrected chi connectivity index (χ2v) is 9.14. The molecule has 0 spiro atoms. The number of benzene rings is 1. The van der Waals surface area contributed by atoms with E-state index >= 15 is 0 Å². The molecule has 4 nitrogen and oxygen atoms in total. The van der Waals surface area contributed by atoms with E-state index in [1.54, 1.807) is 0 Å². The number of hydrogen-bond acceptors (Lipinski definition) is 4. The number of rotatable bonds is 11. The fraction of sp³-hybridized carbons (Fsp3) is 0.577. The standard InChI is InChI=1S/C26H36O4/c1-25(21-26(2)23(29-30-25)20-24(27)28-26)19-15-10-8-6-4-3-5-7-9-12-16-22-17-13-11-14-18-22/h7,9,11-14,16-18,23H,3-6,8,10,15,19-21H2,1-2H3/b9-7+,16-12+/t23-,25-,26-/m0/s1. The van der Waals surface area contributed by atoms with E-state index in [0.717, 1.165) is 19.3 Å². The normalized spacial score (nSPS) is 28.9. The molecule has 3 atom stereocenters. The lowest BCUT2D eigenvalue weighted by molar-refractivity contribution is -0.428. The summed E-state index contributed by atoms with van der Waals surface area (Å²) in [7, 11) is 0. The zero-order chi connectivity index (χ0) is 21.3. The van der Waals surface area contributed by atoms with E-state index in [2.05, 4.69) is 55.5 Å². The zero-order valence-corrected chi connectivity index (χ0v) is 18.5. The van der Waals surface area contributed by atoms with Gasteiger partial charge >= 0.3 is 5.97 Å². The maximum atomic E-state index is 11.6. The molecule has 0 radical (unpaired) electrons. The zero-order valence-electron chi connectivity index (χ0n) is 18.5. The molecule has 0 aromatic heterocycles. The summed E-state index contributed by atoms with van der Waals surface area (Å²) in [4.78, 5) is 22.8. The van der Waals surface area contributed by atoms with Crippen LogP contribution >= 0.6 is 0 Å². The first kappa shape index (κ1) is 22.8. The van der Waals surface area contributed by atoms with Gasteiger partial charge in [0.25, 0.3) is 0 Å². The van der Waals surface area contributed by atoms with Crippen LogP contribution in [0.3, 0.4) is 0 Å². The van der Waals surface area contributed by atoms with Gasteiger partial charge in [-0.3, -0.25) is 4.79 Å². The van der Waals surface area contributed by atoms with Crippen LogP contribution in [0.25, 0.3) is 6.08 Å². The van der Waals surface area contributed by atoms with Crippen LogP contribution < -0.4 is 0 Å². The molecule has 4 heteroatoms. The molecular weight excluding hydrogens is 376 g/mol. The highest BCUT2D eigenvalue weighted by molar-refractivity contribution is 5.73. The van der Waals surface area contributed by atoms with E-state index < -0.39 is 5.60 Å². The van der Waals surface area contributed by atoms with Gasteiger partial charge in [-0.1, -0.05) is 86.7 Å². The molecule has 2 saturated heterocycles. The summed E-state index contributed by atoms with van der Waals surface area (Å²) in [6.07, 6.45) is 18.8. The van der Waals surface area contributed by atoms with Gasteiger partial charge in [0, 0.05) is 6.42 Å². The summed E-state index contributed by atoms with van der Waals surface area (Å²) < 4.78 is 5.52. The largest absolute Gasteiger partial charge is 0.456 e. The van der Waals surface area contributed by atoms with Crippen LogP contribution in [-0.4, -0.2) is 23.3 Å². The highest BCUT2D eigenvalue weighted by Gasteiger charge is 2.55. The van der Waals surface area contributed by atoms with Gasteiger partial charge in [0.2, 0.25) is 0 Å². The molecule has 0 aliphatic carbocycles. The number of unbranched alkanes of at least 4 members (excludes halogenated alkanes) is 6. The molecule has 2 fully saturated rings.